The molecule has 3 heterocycles. The van der Waals surface area contributed by atoms with Gasteiger partial charge in [0.05, 0.1) is 16.6 Å². The maximum Gasteiger partial charge on any atom is 0.185 e. The second-order valence-corrected chi connectivity index (χ2v) is 5.95. The normalized spacial score (nSPS) is 11.4. The number of aromatic nitrogens is 4. The fourth-order valence-corrected chi connectivity index (χ4v) is 3.15. The maximum absolute atomic E-state index is 6.20. The lowest BCUT2D eigenvalue weighted by Gasteiger charge is -2.04. The molecule has 0 bridgehead atoms. The van der Waals surface area contributed by atoms with Crippen LogP contribution in [-0.4, -0.2) is 19.8 Å². The summed E-state index contributed by atoms with van der Waals surface area (Å²) in [6.45, 7) is 0. The number of pyridine rings is 1. The van der Waals surface area contributed by atoms with Gasteiger partial charge >= 0.3 is 0 Å². The van der Waals surface area contributed by atoms with Crippen molar-refractivity contribution in [2.24, 2.45) is 0 Å². The predicted molar refractivity (Wildman–Crippen MR) is 100 cm³/mol. The van der Waals surface area contributed by atoms with Crippen LogP contribution in [0.2, 0.25) is 0 Å². The van der Waals surface area contributed by atoms with Crippen LogP contribution in [0.3, 0.4) is 0 Å². The van der Waals surface area contributed by atoms with E-state index in [1.807, 2.05) is 48.5 Å². The van der Waals surface area contributed by atoms with Gasteiger partial charge in [0.2, 0.25) is 0 Å². The molecule has 126 valence electrons. The predicted octanol–water partition coefficient (Wildman–Crippen LogP) is 3.37. The Hall–Kier alpha value is -3.87. The van der Waals surface area contributed by atoms with Gasteiger partial charge in [-0.3, -0.25) is 0 Å². The molecule has 4 N–H and O–H groups in total. The summed E-state index contributed by atoms with van der Waals surface area (Å²) in [7, 11) is 0. The smallest absolute Gasteiger partial charge is 0.185 e. The van der Waals surface area contributed by atoms with Gasteiger partial charge in [0, 0.05) is 11.3 Å². The molecule has 5 rings (SSSR count). The minimum Gasteiger partial charge on any atom is -0.398 e. The number of anilines is 2. The molecule has 0 aliphatic rings. The summed E-state index contributed by atoms with van der Waals surface area (Å²) in [5.41, 5.74) is 16.6. The molecule has 0 saturated carbocycles. The molecule has 0 atom stereocenters. The average molecular weight is 342 g/mol. The fraction of sp³-hybridized carbons (Fsp3) is 0. The van der Waals surface area contributed by atoms with Gasteiger partial charge in [-0.05, 0) is 24.3 Å². The molecule has 0 spiro atoms. The van der Waals surface area contributed by atoms with E-state index >= 15 is 0 Å². The third-order valence-corrected chi connectivity index (χ3v) is 4.35. The highest BCUT2D eigenvalue weighted by molar-refractivity contribution is 6.04. The zero-order chi connectivity index (χ0) is 17.7. The molecule has 7 heteroatoms. The van der Waals surface area contributed by atoms with Crippen molar-refractivity contribution >= 4 is 28.1 Å². The summed E-state index contributed by atoms with van der Waals surface area (Å²) in [4.78, 5) is 4.65. The van der Waals surface area contributed by atoms with E-state index in [0.717, 1.165) is 11.3 Å². The summed E-state index contributed by atoms with van der Waals surface area (Å²) in [5.74, 6) is 0.746. The Labute approximate surface area is 147 Å². The average Bonchev–Trinajstić information content (AvgIpc) is 3.26. The first-order valence-corrected chi connectivity index (χ1v) is 8.07. The highest BCUT2D eigenvalue weighted by Gasteiger charge is 2.19. The zero-order valence-electron chi connectivity index (χ0n) is 13.6. The van der Waals surface area contributed by atoms with Gasteiger partial charge in [-0.1, -0.05) is 41.6 Å². The molecule has 0 aliphatic carbocycles. The molecule has 7 nitrogen and oxygen atoms in total. The Balaban J connectivity index is 1.80. The molecule has 5 aromatic rings. The van der Waals surface area contributed by atoms with Crippen LogP contribution in [0.5, 0.6) is 0 Å². The molecule has 3 aromatic heterocycles. The number of hydrogen-bond donors (Lipinski definition) is 2. The Bertz CT molecular complexity index is 1260. The Morgan fingerprint density at radius 1 is 0.885 bits per heavy atom. The van der Waals surface area contributed by atoms with E-state index < -0.39 is 0 Å². The first kappa shape index (κ1) is 14.5. The first-order valence-electron chi connectivity index (χ1n) is 8.07. The van der Waals surface area contributed by atoms with Gasteiger partial charge in [-0.25, -0.2) is 9.50 Å². The van der Waals surface area contributed by atoms with Gasteiger partial charge in [0.15, 0.2) is 22.9 Å². The van der Waals surface area contributed by atoms with E-state index in [1.165, 1.54) is 0 Å². The lowest BCUT2D eigenvalue weighted by Crippen LogP contribution is -1.96. The topological polar surface area (TPSA) is 108 Å². The van der Waals surface area contributed by atoms with Crippen LogP contribution in [0, 0.1) is 0 Å². The second kappa shape index (κ2) is 5.32. The van der Waals surface area contributed by atoms with Gasteiger partial charge in [0.25, 0.3) is 0 Å². The fourth-order valence-electron chi connectivity index (χ4n) is 3.15. The van der Waals surface area contributed by atoms with E-state index in [2.05, 4.69) is 10.1 Å². The van der Waals surface area contributed by atoms with E-state index in [-0.39, 0.29) is 5.82 Å². The largest absolute Gasteiger partial charge is 0.398 e. The van der Waals surface area contributed by atoms with Crippen LogP contribution in [0.4, 0.5) is 11.5 Å². The standard InChI is InChI=1S/C19H14N6O/c20-12-9-10-14-17(18(21)24-26-14)16(12)19-22-15-8-4-7-13(25(15)23-19)11-5-2-1-3-6-11/h1-10H,20H2,(H2,21,24). The maximum atomic E-state index is 6.20. The van der Waals surface area contributed by atoms with Gasteiger partial charge in [-0.2, -0.15) is 0 Å². The zero-order valence-corrected chi connectivity index (χ0v) is 13.6. The number of nitrogens with zero attached hydrogens (tertiary/aromatic N) is 4. The number of fused-ring (bicyclic) bond motifs is 2. The van der Waals surface area contributed by atoms with Crippen molar-refractivity contribution in [2.75, 3.05) is 11.5 Å². The minimum absolute atomic E-state index is 0.268. The highest BCUT2D eigenvalue weighted by atomic mass is 16.5. The third-order valence-electron chi connectivity index (χ3n) is 4.35. The third kappa shape index (κ3) is 2.04. The number of benzene rings is 2. The molecule has 0 saturated heterocycles. The number of hydrogen-bond acceptors (Lipinski definition) is 6. The number of nitrogen functional groups attached to an aromatic ring is 2. The number of nitrogens with two attached hydrogens (primary N) is 2. The molecule has 0 unspecified atom stereocenters. The van der Waals surface area contributed by atoms with Crippen molar-refractivity contribution in [3.8, 4) is 22.6 Å². The number of rotatable bonds is 2. The Kier molecular flexibility index (Phi) is 2.96. The van der Waals surface area contributed by atoms with Crippen molar-refractivity contribution in [1.29, 1.82) is 0 Å². The summed E-state index contributed by atoms with van der Waals surface area (Å²) >= 11 is 0. The SMILES string of the molecule is Nc1ccc2onc(N)c2c1-c1nc2cccc(-c3ccccc3)n2n1. The van der Waals surface area contributed by atoms with Gasteiger partial charge in [-0.15, -0.1) is 5.10 Å². The van der Waals surface area contributed by atoms with Crippen molar-refractivity contribution in [1.82, 2.24) is 19.8 Å². The van der Waals surface area contributed by atoms with Gasteiger partial charge in [0.1, 0.15) is 0 Å². The van der Waals surface area contributed by atoms with E-state index in [1.54, 1.807) is 16.6 Å². The molecule has 0 amide bonds. The van der Waals surface area contributed by atoms with Crippen LogP contribution in [0.25, 0.3) is 39.3 Å². The monoisotopic (exact) mass is 342 g/mol. The lowest BCUT2D eigenvalue weighted by molar-refractivity contribution is 0.460. The molecular weight excluding hydrogens is 328 g/mol. The lowest BCUT2D eigenvalue weighted by atomic mass is 10.1. The van der Waals surface area contributed by atoms with Crippen LogP contribution in [0.1, 0.15) is 0 Å². The summed E-state index contributed by atoms with van der Waals surface area (Å²) in [6.07, 6.45) is 0. The quantitative estimate of drug-likeness (QED) is 0.476. The highest BCUT2D eigenvalue weighted by Crippen LogP contribution is 2.36. The van der Waals surface area contributed by atoms with E-state index in [4.69, 9.17) is 21.1 Å². The molecule has 0 aliphatic heterocycles. The second-order valence-electron chi connectivity index (χ2n) is 5.95. The summed E-state index contributed by atoms with van der Waals surface area (Å²) in [5, 5.41) is 9.15. The van der Waals surface area contributed by atoms with Crippen LogP contribution < -0.4 is 11.5 Å². The Morgan fingerprint density at radius 3 is 2.58 bits per heavy atom. The molecule has 0 radical (unpaired) electrons. The Morgan fingerprint density at radius 2 is 1.73 bits per heavy atom. The van der Waals surface area contributed by atoms with Crippen molar-refractivity contribution in [2.45, 2.75) is 0 Å². The van der Waals surface area contributed by atoms with Crippen molar-refractivity contribution < 1.29 is 4.52 Å². The van der Waals surface area contributed by atoms with E-state index in [9.17, 15) is 0 Å². The van der Waals surface area contributed by atoms with Crippen LogP contribution >= 0.6 is 0 Å². The summed E-state index contributed by atoms with van der Waals surface area (Å²) in [6, 6.07) is 19.3. The van der Waals surface area contributed by atoms with Crippen molar-refractivity contribution in [3.63, 3.8) is 0 Å². The minimum atomic E-state index is 0.268. The van der Waals surface area contributed by atoms with Crippen LogP contribution in [0.15, 0.2) is 65.2 Å². The molecule has 0 fully saturated rings. The first-order chi connectivity index (χ1) is 12.7. The van der Waals surface area contributed by atoms with Crippen molar-refractivity contribution in [3.05, 3.63) is 60.7 Å². The molecule has 26 heavy (non-hydrogen) atoms. The van der Waals surface area contributed by atoms with Crippen LogP contribution in [-0.2, 0) is 0 Å². The molecule has 2 aromatic carbocycles. The molecular formula is C19H14N6O. The van der Waals surface area contributed by atoms with Gasteiger partial charge < -0.3 is 16.0 Å². The summed E-state index contributed by atoms with van der Waals surface area (Å²) < 4.78 is 7.04. The van der Waals surface area contributed by atoms with E-state index in [0.29, 0.717) is 33.7 Å².